The Bertz CT molecular complexity index is 1150. The monoisotopic (exact) mass is 366 g/mol. The van der Waals surface area contributed by atoms with Gasteiger partial charge in [0.2, 0.25) is 0 Å². The highest BCUT2D eigenvalue weighted by atomic mass is 16.1. The number of carbonyl (C=O) groups is 1. The van der Waals surface area contributed by atoms with Crippen molar-refractivity contribution in [1.29, 1.82) is 0 Å². The second kappa shape index (κ2) is 7.65. The fraction of sp³-hybridized carbons (Fsp3) is 0.120. The lowest BCUT2D eigenvalue weighted by molar-refractivity contribution is 0.102. The molecule has 3 heteroatoms. The van der Waals surface area contributed by atoms with Crippen molar-refractivity contribution in [2.24, 2.45) is 0 Å². The smallest absolute Gasteiger partial charge is 0.255 e. The predicted octanol–water partition coefficient (Wildman–Crippen LogP) is 6.02. The highest BCUT2D eigenvalue weighted by Crippen LogP contribution is 2.24. The Labute approximate surface area is 165 Å². The van der Waals surface area contributed by atoms with Gasteiger partial charge in [-0.25, -0.2) is 4.98 Å². The summed E-state index contributed by atoms with van der Waals surface area (Å²) in [6.07, 6.45) is 0.961. The van der Waals surface area contributed by atoms with E-state index in [9.17, 15) is 4.79 Å². The van der Waals surface area contributed by atoms with Crippen LogP contribution in [0.15, 0.2) is 78.9 Å². The molecule has 0 aliphatic heterocycles. The Morgan fingerprint density at radius 2 is 1.75 bits per heavy atom. The van der Waals surface area contributed by atoms with Crippen LogP contribution in [0.3, 0.4) is 0 Å². The van der Waals surface area contributed by atoms with Crippen molar-refractivity contribution >= 4 is 22.5 Å². The number of hydrogen-bond donors (Lipinski definition) is 1. The molecular weight excluding hydrogens is 344 g/mol. The fourth-order valence-corrected chi connectivity index (χ4v) is 3.26. The van der Waals surface area contributed by atoms with E-state index in [1.807, 2.05) is 60.7 Å². The Morgan fingerprint density at radius 1 is 0.929 bits per heavy atom. The SMILES string of the molecule is CCc1ccc(C(=O)Nc2cccc(-c3ccc4cc(C)ccc4n3)c2)cc1. The van der Waals surface area contributed by atoms with Gasteiger partial charge in [0, 0.05) is 22.2 Å². The summed E-state index contributed by atoms with van der Waals surface area (Å²) in [7, 11) is 0. The molecule has 28 heavy (non-hydrogen) atoms. The van der Waals surface area contributed by atoms with Gasteiger partial charge in [-0.3, -0.25) is 4.79 Å². The van der Waals surface area contributed by atoms with Crippen LogP contribution in [0.2, 0.25) is 0 Å². The van der Waals surface area contributed by atoms with Crippen LogP contribution in [0.25, 0.3) is 22.2 Å². The molecule has 0 spiro atoms. The van der Waals surface area contributed by atoms with Gasteiger partial charge in [0.25, 0.3) is 5.91 Å². The first-order chi connectivity index (χ1) is 13.6. The molecule has 3 aromatic carbocycles. The zero-order chi connectivity index (χ0) is 19.5. The molecule has 0 aliphatic carbocycles. The van der Waals surface area contributed by atoms with Crippen molar-refractivity contribution in [2.75, 3.05) is 5.32 Å². The third-order valence-corrected chi connectivity index (χ3v) is 4.89. The predicted molar refractivity (Wildman–Crippen MR) is 116 cm³/mol. The van der Waals surface area contributed by atoms with Crippen molar-refractivity contribution in [3.8, 4) is 11.3 Å². The second-order valence-electron chi connectivity index (χ2n) is 6.98. The van der Waals surface area contributed by atoms with E-state index in [4.69, 9.17) is 4.98 Å². The van der Waals surface area contributed by atoms with Gasteiger partial charge >= 0.3 is 0 Å². The number of rotatable bonds is 4. The molecule has 4 aromatic rings. The zero-order valence-electron chi connectivity index (χ0n) is 16.1. The van der Waals surface area contributed by atoms with Crippen LogP contribution >= 0.6 is 0 Å². The maximum atomic E-state index is 12.5. The van der Waals surface area contributed by atoms with Crippen molar-refractivity contribution in [3.63, 3.8) is 0 Å². The van der Waals surface area contributed by atoms with Gasteiger partial charge < -0.3 is 5.32 Å². The number of aryl methyl sites for hydroxylation is 2. The number of anilines is 1. The molecular formula is C25H22N2O. The van der Waals surface area contributed by atoms with E-state index in [1.54, 1.807) is 0 Å². The van der Waals surface area contributed by atoms with Crippen LogP contribution in [0, 0.1) is 6.92 Å². The lowest BCUT2D eigenvalue weighted by Gasteiger charge is -2.09. The van der Waals surface area contributed by atoms with Crippen molar-refractivity contribution in [1.82, 2.24) is 4.98 Å². The Hall–Kier alpha value is -3.46. The average molecular weight is 366 g/mol. The molecule has 1 aromatic heterocycles. The molecule has 0 unspecified atom stereocenters. The summed E-state index contributed by atoms with van der Waals surface area (Å²) in [6, 6.07) is 25.9. The third-order valence-electron chi connectivity index (χ3n) is 4.89. The number of pyridine rings is 1. The Kier molecular flexibility index (Phi) is 4.90. The first kappa shape index (κ1) is 17.9. The molecule has 1 N–H and O–H groups in total. The van der Waals surface area contributed by atoms with Crippen LogP contribution < -0.4 is 5.32 Å². The summed E-state index contributed by atoms with van der Waals surface area (Å²) < 4.78 is 0. The van der Waals surface area contributed by atoms with Crippen LogP contribution in [-0.4, -0.2) is 10.9 Å². The lowest BCUT2D eigenvalue weighted by atomic mass is 10.1. The van der Waals surface area contributed by atoms with Gasteiger partial charge in [-0.2, -0.15) is 0 Å². The lowest BCUT2D eigenvalue weighted by Crippen LogP contribution is -2.11. The van der Waals surface area contributed by atoms with Crippen molar-refractivity contribution in [3.05, 3.63) is 95.6 Å². The summed E-state index contributed by atoms with van der Waals surface area (Å²) in [5, 5.41) is 4.11. The number of hydrogen-bond acceptors (Lipinski definition) is 2. The minimum absolute atomic E-state index is 0.109. The van der Waals surface area contributed by atoms with Crippen LogP contribution in [-0.2, 0) is 6.42 Å². The van der Waals surface area contributed by atoms with E-state index in [0.29, 0.717) is 5.56 Å². The van der Waals surface area contributed by atoms with Gasteiger partial charge in [-0.15, -0.1) is 0 Å². The molecule has 0 saturated heterocycles. The van der Waals surface area contributed by atoms with Gasteiger partial charge in [0.05, 0.1) is 11.2 Å². The summed E-state index contributed by atoms with van der Waals surface area (Å²) in [4.78, 5) is 17.3. The number of amides is 1. The maximum absolute atomic E-state index is 12.5. The molecule has 138 valence electrons. The molecule has 1 heterocycles. The van der Waals surface area contributed by atoms with E-state index < -0.39 is 0 Å². The van der Waals surface area contributed by atoms with E-state index in [2.05, 4.69) is 37.4 Å². The molecule has 0 bridgehead atoms. The summed E-state index contributed by atoms with van der Waals surface area (Å²) in [5.41, 5.74) is 6.68. The zero-order valence-corrected chi connectivity index (χ0v) is 16.1. The largest absolute Gasteiger partial charge is 0.322 e. The summed E-state index contributed by atoms with van der Waals surface area (Å²) in [6.45, 7) is 4.18. The first-order valence-electron chi connectivity index (χ1n) is 9.50. The van der Waals surface area contributed by atoms with Gasteiger partial charge in [-0.1, -0.05) is 48.9 Å². The van der Waals surface area contributed by atoms with E-state index in [1.165, 1.54) is 11.1 Å². The minimum Gasteiger partial charge on any atom is -0.322 e. The molecule has 0 atom stereocenters. The normalized spacial score (nSPS) is 10.8. The molecule has 0 fully saturated rings. The topological polar surface area (TPSA) is 42.0 Å². The number of aromatic nitrogens is 1. The standard InChI is InChI=1S/C25H22N2O/c1-3-18-8-10-19(11-9-18)25(28)26-22-6-4-5-20(16-22)24-14-12-21-15-17(2)7-13-23(21)27-24/h4-16H,3H2,1-2H3,(H,26,28). The highest BCUT2D eigenvalue weighted by molar-refractivity contribution is 6.04. The van der Waals surface area contributed by atoms with E-state index in [0.717, 1.165) is 34.3 Å². The Balaban J connectivity index is 1.58. The van der Waals surface area contributed by atoms with Gasteiger partial charge in [0.1, 0.15) is 0 Å². The van der Waals surface area contributed by atoms with E-state index >= 15 is 0 Å². The molecule has 1 amide bonds. The molecule has 3 nitrogen and oxygen atoms in total. The average Bonchev–Trinajstić information content (AvgIpc) is 2.73. The first-order valence-corrected chi connectivity index (χ1v) is 9.50. The highest BCUT2D eigenvalue weighted by Gasteiger charge is 2.08. The molecule has 4 rings (SSSR count). The Morgan fingerprint density at radius 3 is 2.54 bits per heavy atom. The summed E-state index contributed by atoms with van der Waals surface area (Å²) >= 11 is 0. The van der Waals surface area contributed by atoms with Crippen molar-refractivity contribution < 1.29 is 4.79 Å². The van der Waals surface area contributed by atoms with Gasteiger partial charge in [-0.05, 0) is 61.4 Å². The van der Waals surface area contributed by atoms with Crippen LogP contribution in [0.1, 0.15) is 28.4 Å². The maximum Gasteiger partial charge on any atom is 0.255 e. The fourth-order valence-electron chi connectivity index (χ4n) is 3.26. The number of carbonyl (C=O) groups excluding carboxylic acids is 1. The van der Waals surface area contributed by atoms with E-state index in [-0.39, 0.29) is 5.91 Å². The number of nitrogens with one attached hydrogen (secondary N) is 1. The van der Waals surface area contributed by atoms with Crippen molar-refractivity contribution in [2.45, 2.75) is 20.3 Å². The van der Waals surface area contributed by atoms with Crippen LogP contribution in [0.5, 0.6) is 0 Å². The summed E-state index contributed by atoms with van der Waals surface area (Å²) in [5.74, 6) is -0.109. The molecule has 0 saturated carbocycles. The third kappa shape index (κ3) is 3.79. The quantitative estimate of drug-likeness (QED) is 0.479. The van der Waals surface area contributed by atoms with Crippen LogP contribution in [0.4, 0.5) is 5.69 Å². The minimum atomic E-state index is -0.109. The number of fused-ring (bicyclic) bond motifs is 1. The molecule has 0 aliphatic rings. The second-order valence-corrected chi connectivity index (χ2v) is 6.98. The molecule has 0 radical (unpaired) electrons. The van der Waals surface area contributed by atoms with Gasteiger partial charge in [0.15, 0.2) is 0 Å². The number of benzene rings is 3. The number of nitrogens with zero attached hydrogens (tertiary/aromatic N) is 1.